The van der Waals surface area contributed by atoms with Crippen LogP contribution in [0.4, 0.5) is 0 Å². The Kier molecular flexibility index (Phi) is 6.48. The van der Waals surface area contributed by atoms with Gasteiger partial charge in [0, 0.05) is 23.9 Å². The quantitative estimate of drug-likeness (QED) is 0.743. The van der Waals surface area contributed by atoms with Crippen molar-refractivity contribution in [2.24, 2.45) is 0 Å². The summed E-state index contributed by atoms with van der Waals surface area (Å²) in [6.45, 7) is 4.62. The molecule has 5 nitrogen and oxygen atoms in total. The maximum atomic E-state index is 12.3. The molecule has 1 aromatic carbocycles. The normalized spacial score (nSPS) is 17.0. The summed E-state index contributed by atoms with van der Waals surface area (Å²) >= 11 is 0. The molecule has 1 aliphatic rings. The van der Waals surface area contributed by atoms with Crippen LogP contribution in [0.15, 0.2) is 23.1 Å². The molecule has 0 radical (unpaired) electrons. The van der Waals surface area contributed by atoms with Gasteiger partial charge in [-0.05, 0) is 25.1 Å². The molecule has 1 aliphatic heterocycles. The molecule has 0 saturated carbocycles. The van der Waals surface area contributed by atoms with Crippen molar-refractivity contribution in [1.82, 2.24) is 5.32 Å². The van der Waals surface area contributed by atoms with E-state index in [0.717, 1.165) is 19.4 Å². The van der Waals surface area contributed by atoms with Crippen LogP contribution in [0.25, 0.3) is 0 Å². The molecule has 0 spiro atoms. The maximum Gasteiger partial charge on any atom is 0.162 e. The third-order valence-electron chi connectivity index (χ3n) is 3.13. The maximum absolute atomic E-state index is 12.3. The summed E-state index contributed by atoms with van der Waals surface area (Å²) in [6, 6.07) is 5.31. The van der Waals surface area contributed by atoms with Crippen LogP contribution in [0.3, 0.4) is 0 Å². The highest BCUT2D eigenvalue weighted by Crippen LogP contribution is 2.31. The summed E-state index contributed by atoms with van der Waals surface area (Å²) in [5.74, 6) is 1.55. The van der Waals surface area contributed by atoms with Crippen molar-refractivity contribution in [3.63, 3.8) is 0 Å². The first kappa shape index (κ1) is 16.3. The van der Waals surface area contributed by atoms with Crippen LogP contribution in [-0.2, 0) is 10.8 Å². The first-order chi connectivity index (χ1) is 10.2. The van der Waals surface area contributed by atoms with Gasteiger partial charge in [-0.25, -0.2) is 0 Å². The monoisotopic (exact) mass is 313 g/mol. The third-order valence-corrected chi connectivity index (χ3v) is 4.60. The SMILES string of the molecule is CCCNCC(O)CS(=O)c1ccc2c(c1)OCCCO2. The Labute approximate surface area is 128 Å². The van der Waals surface area contributed by atoms with Crippen molar-refractivity contribution in [3.05, 3.63) is 18.2 Å². The van der Waals surface area contributed by atoms with Crippen molar-refractivity contribution in [1.29, 1.82) is 0 Å². The highest BCUT2D eigenvalue weighted by atomic mass is 32.2. The average Bonchev–Trinajstić information content (AvgIpc) is 2.71. The van der Waals surface area contributed by atoms with Crippen molar-refractivity contribution in [2.45, 2.75) is 30.8 Å². The van der Waals surface area contributed by atoms with Crippen LogP contribution < -0.4 is 14.8 Å². The van der Waals surface area contributed by atoms with Gasteiger partial charge in [0.2, 0.25) is 0 Å². The van der Waals surface area contributed by atoms with E-state index in [0.29, 0.717) is 36.2 Å². The van der Waals surface area contributed by atoms with E-state index in [-0.39, 0.29) is 5.75 Å². The fourth-order valence-electron chi connectivity index (χ4n) is 2.06. The molecule has 2 rings (SSSR count). The van der Waals surface area contributed by atoms with Crippen molar-refractivity contribution < 1.29 is 18.8 Å². The highest BCUT2D eigenvalue weighted by Gasteiger charge is 2.15. The van der Waals surface area contributed by atoms with Gasteiger partial charge in [-0.1, -0.05) is 6.92 Å². The number of hydrogen-bond donors (Lipinski definition) is 2. The summed E-state index contributed by atoms with van der Waals surface area (Å²) in [6.07, 6.45) is 1.24. The fraction of sp³-hybridized carbons (Fsp3) is 0.600. The Balaban J connectivity index is 1.94. The van der Waals surface area contributed by atoms with Crippen LogP contribution in [0.1, 0.15) is 19.8 Å². The Morgan fingerprint density at radius 3 is 2.86 bits per heavy atom. The molecular formula is C15H23NO4S. The lowest BCUT2D eigenvalue weighted by molar-refractivity contribution is 0.195. The fourth-order valence-corrected chi connectivity index (χ4v) is 3.18. The van der Waals surface area contributed by atoms with Crippen molar-refractivity contribution in [2.75, 3.05) is 32.1 Å². The predicted molar refractivity (Wildman–Crippen MR) is 82.5 cm³/mol. The molecule has 2 unspecified atom stereocenters. The lowest BCUT2D eigenvalue weighted by Crippen LogP contribution is -2.31. The van der Waals surface area contributed by atoms with Crippen molar-refractivity contribution >= 4 is 10.8 Å². The molecule has 118 valence electrons. The van der Waals surface area contributed by atoms with E-state index < -0.39 is 16.9 Å². The molecule has 0 saturated heterocycles. The zero-order valence-electron chi connectivity index (χ0n) is 12.3. The molecule has 0 bridgehead atoms. The lowest BCUT2D eigenvalue weighted by atomic mass is 10.3. The summed E-state index contributed by atoms with van der Waals surface area (Å²) in [7, 11) is -1.25. The van der Waals surface area contributed by atoms with E-state index >= 15 is 0 Å². The second-order valence-electron chi connectivity index (χ2n) is 5.03. The van der Waals surface area contributed by atoms with Crippen LogP contribution in [0.2, 0.25) is 0 Å². The van der Waals surface area contributed by atoms with Gasteiger partial charge in [0.1, 0.15) is 0 Å². The smallest absolute Gasteiger partial charge is 0.162 e. The van der Waals surface area contributed by atoms with Crippen LogP contribution >= 0.6 is 0 Å². The first-order valence-electron chi connectivity index (χ1n) is 7.37. The molecule has 0 aliphatic carbocycles. The number of aliphatic hydroxyl groups excluding tert-OH is 1. The molecule has 1 aromatic rings. The van der Waals surface area contributed by atoms with Gasteiger partial charge in [-0.3, -0.25) is 4.21 Å². The summed E-state index contributed by atoms with van der Waals surface area (Å²) in [5, 5.41) is 13.0. The van der Waals surface area contributed by atoms with Crippen molar-refractivity contribution in [3.8, 4) is 11.5 Å². The van der Waals surface area contributed by atoms with Gasteiger partial charge >= 0.3 is 0 Å². The molecule has 21 heavy (non-hydrogen) atoms. The van der Waals surface area contributed by atoms with Gasteiger partial charge in [0.05, 0.1) is 35.9 Å². The van der Waals surface area contributed by atoms with E-state index in [2.05, 4.69) is 12.2 Å². The minimum absolute atomic E-state index is 0.219. The Hall–Kier alpha value is -1.11. The number of fused-ring (bicyclic) bond motifs is 1. The Morgan fingerprint density at radius 2 is 2.10 bits per heavy atom. The lowest BCUT2D eigenvalue weighted by Gasteiger charge is -2.12. The second-order valence-corrected chi connectivity index (χ2v) is 6.52. The molecule has 0 aromatic heterocycles. The molecule has 1 heterocycles. The number of ether oxygens (including phenoxy) is 2. The number of nitrogens with one attached hydrogen (secondary N) is 1. The number of aliphatic hydroxyl groups is 1. The summed E-state index contributed by atoms with van der Waals surface area (Å²) in [5.41, 5.74) is 0. The molecule has 6 heteroatoms. The van der Waals surface area contributed by atoms with E-state index in [4.69, 9.17) is 9.47 Å². The summed E-state index contributed by atoms with van der Waals surface area (Å²) in [4.78, 5) is 0.661. The molecule has 0 fully saturated rings. The number of rotatable bonds is 7. The van der Waals surface area contributed by atoms with Crippen LogP contribution in [-0.4, -0.2) is 47.5 Å². The van der Waals surface area contributed by atoms with Gasteiger partial charge in [-0.2, -0.15) is 0 Å². The largest absolute Gasteiger partial charge is 0.490 e. The van der Waals surface area contributed by atoms with E-state index in [9.17, 15) is 9.32 Å². The van der Waals surface area contributed by atoms with Gasteiger partial charge < -0.3 is 19.9 Å². The second kappa shape index (κ2) is 8.36. The standard InChI is InChI=1S/C15H23NO4S/c1-2-6-16-10-12(17)11-21(18)13-4-5-14-15(9-13)20-8-3-7-19-14/h4-5,9,12,16-17H,2-3,6-8,10-11H2,1H3. The van der Waals surface area contributed by atoms with E-state index in [1.807, 2.05) is 0 Å². The molecule has 2 N–H and O–H groups in total. The van der Waals surface area contributed by atoms with Gasteiger partial charge in [0.15, 0.2) is 11.5 Å². The van der Waals surface area contributed by atoms with E-state index in [1.54, 1.807) is 18.2 Å². The van der Waals surface area contributed by atoms with E-state index in [1.165, 1.54) is 0 Å². The topological polar surface area (TPSA) is 67.8 Å². The average molecular weight is 313 g/mol. The highest BCUT2D eigenvalue weighted by molar-refractivity contribution is 7.85. The molecule has 0 amide bonds. The van der Waals surface area contributed by atoms with Crippen LogP contribution in [0, 0.1) is 0 Å². The first-order valence-corrected chi connectivity index (χ1v) is 8.69. The Morgan fingerprint density at radius 1 is 1.33 bits per heavy atom. The third kappa shape index (κ3) is 4.98. The zero-order valence-corrected chi connectivity index (χ0v) is 13.2. The minimum atomic E-state index is -1.25. The summed E-state index contributed by atoms with van der Waals surface area (Å²) < 4.78 is 23.4. The number of hydrogen-bond acceptors (Lipinski definition) is 5. The minimum Gasteiger partial charge on any atom is -0.490 e. The molecule has 2 atom stereocenters. The van der Waals surface area contributed by atoms with Gasteiger partial charge in [-0.15, -0.1) is 0 Å². The van der Waals surface area contributed by atoms with Gasteiger partial charge in [0.25, 0.3) is 0 Å². The zero-order chi connectivity index (χ0) is 15.1. The predicted octanol–water partition coefficient (Wildman–Crippen LogP) is 1.32. The molecular weight excluding hydrogens is 290 g/mol. The Bertz CT molecular complexity index is 481. The van der Waals surface area contributed by atoms with Crippen LogP contribution in [0.5, 0.6) is 11.5 Å². The number of benzene rings is 1.